The van der Waals surface area contributed by atoms with Crippen molar-refractivity contribution in [3.8, 4) is 0 Å². The monoisotopic (exact) mass is 298 g/mol. The number of rotatable bonds is 8. The Kier molecular flexibility index (Phi) is 7.63. The van der Waals surface area contributed by atoms with Gasteiger partial charge in [0.25, 0.3) is 0 Å². The highest BCUT2D eigenvalue weighted by atomic mass is 16.2. The molecule has 5 nitrogen and oxygen atoms in total. The second kappa shape index (κ2) is 8.71. The maximum atomic E-state index is 12.6. The first kappa shape index (κ1) is 18.4. The number of piperazine rings is 1. The van der Waals surface area contributed by atoms with Crippen molar-refractivity contribution in [1.29, 1.82) is 0 Å². The smallest absolute Gasteiger partial charge is 0.236 e. The molecule has 1 aliphatic heterocycles. The van der Waals surface area contributed by atoms with Crippen molar-refractivity contribution in [2.75, 3.05) is 52.9 Å². The Labute approximate surface area is 130 Å². The van der Waals surface area contributed by atoms with Crippen molar-refractivity contribution in [3.63, 3.8) is 0 Å². The number of carbonyl (C=O) groups excluding carboxylic acids is 1. The minimum absolute atomic E-state index is 0.0295. The average molecular weight is 298 g/mol. The summed E-state index contributed by atoms with van der Waals surface area (Å²) in [6.45, 7) is 12.3. The van der Waals surface area contributed by atoms with Crippen molar-refractivity contribution in [1.82, 2.24) is 14.7 Å². The Hall–Kier alpha value is -0.650. The molecule has 1 heterocycles. The maximum Gasteiger partial charge on any atom is 0.236 e. The van der Waals surface area contributed by atoms with Crippen molar-refractivity contribution >= 4 is 5.91 Å². The molecule has 5 heteroatoms. The van der Waals surface area contributed by atoms with Gasteiger partial charge in [-0.15, -0.1) is 0 Å². The molecule has 0 saturated carbocycles. The number of nitrogens with zero attached hydrogens (tertiary/aromatic N) is 3. The van der Waals surface area contributed by atoms with Gasteiger partial charge < -0.3 is 15.5 Å². The van der Waals surface area contributed by atoms with Crippen molar-refractivity contribution in [2.45, 2.75) is 45.6 Å². The van der Waals surface area contributed by atoms with E-state index in [1.165, 1.54) is 0 Å². The second-order valence-electron chi connectivity index (χ2n) is 6.24. The van der Waals surface area contributed by atoms with E-state index in [0.29, 0.717) is 13.1 Å². The lowest BCUT2D eigenvalue weighted by atomic mass is 9.90. The van der Waals surface area contributed by atoms with Crippen LogP contribution in [0.1, 0.15) is 40.0 Å². The fraction of sp³-hybridized carbons (Fsp3) is 0.938. The predicted molar refractivity (Wildman–Crippen MR) is 88.3 cm³/mol. The van der Waals surface area contributed by atoms with Gasteiger partial charge in [0.2, 0.25) is 5.91 Å². The molecule has 0 bridgehead atoms. The fourth-order valence-corrected chi connectivity index (χ4v) is 3.19. The van der Waals surface area contributed by atoms with Gasteiger partial charge in [0.1, 0.15) is 0 Å². The third kappa shape index (κ3) is 4.66. The zero-order valence-corrected chi connectivity index (χ0v) is 14.4. The summed E-state index contributed by atoms with van der Waals surface area (Å²) >= 11 is 0. The summed E-state index contributed by atoms with van der Waals surface area (Å²) in [6.07, 6.45) is 3.05. The Morgan fingerprint density at radius 3 is 2.14 bits per heavy atom. The first-order valence-electron chi connectivity index (χ1n) is 8.44. The standard InChI is InChI=1S/C16H34N4O/c1-5-8-20(16(6-2,7-3)14-17)13-15(21)19-11-9-18(4)10-12-19/h5-14,17H2,1-4H3. The van der Waals surface area contributed by atoms with Crippen molar-refractivity contribution in [3.05, 3.63) is 0 Å². The number of carbonyl (C=O) groups is 1. The van der Waals surface area contributed by atoms with Crippen LogP contribution in [0, 0.1) is 0 Å². The molecular formula is C16H34N4O. The molecule has 0 aromatic rings. The van der Waals surface area contributed by atoms with Gasteiger partial charge in [0.15, 0.2) is 0 Å². The van der Waals surface area contributed by atoms with Gasteiger partial charge in [-0.2, -0.15) is 0 Å². The van der Waals surface area contributed by atoms with E-state index in [2.05, 4.69) is 37.6 Å². The largest absolute Gasteiger partial charge is 0.339 e. The molecule has 0 spiro atoms. The van der Waals surface area contributed by atoms with Crippen LogP contribution in [-0.2, 0) is 4.79 Å². The Bertz CT molecular complexity index is 301. The molecule has 0 radical (unpaired) electrons. The van der Waals surface area contributed by atoms with Gasteiger partial charge in [0.05, 0.1) is 6.54 Å². The summed E-state index contributed by atoms with van der Waals surface area (Å²) in [4.78, 5) is 19.2. The fourth-order valence-electron chi connectivity index (χ4n) is 3.19. The average Bonchev–Trinajstić information content (AvgIpc) is 2.50. The molecule has 0 unspecified atom stereocenters. The quantitative estimate of drug-likeness (QED) is 0.726. The lowest BCUT2D eigenvalue weighted by molar-refractivity contribution is -0.135. The minimum atomic E-state index is -0.0295. The number of nitrogens with two attached hydrogens (primary N) is 1. The van der Waals surface area contributed by atoms with E-state index in [-0.39, 0.29) is 11.4 Å². The van der Waals surface area contributed by atoms with E-state index in [0.717, 1.165) is 52.0 Å². The summed E-state index contributed by atoms with van der Waals surface area (Å²) in [6, 6.07) is 0. The molecule has 0 aromatic heterocycles. The summed E-state index contributed by atoms with van der Waals surface area (Å²) in [5.74, 6) is 0.260. The lowest BCUT2D eigenvalue weighted by Crippen LogP contribution is -2.58. The molecule has 1 amide bonds. The van der Waals surface area contributed by atoms with Crippen LogP contribution in [0.3, 0.4) is 0 Å². The van der Waals surface area contributed by atoms with Crippen LogP contribution in [0.25, 0.3) is 0 Å². The molecular weight excluding hydrogens is 264 g/mol. The third-order valence-electron chi connectivity index (χ3n) is 5.04. The molecule has 21 heavy (non-hydrogen) atoms. The van der Waals surface area contributed by atoms with Crippen molar-refractivity contribution < 1.29 is 4.79 Å². The molecule has 0 aromatic carbocycles. The highest BCUT2D eigenvalue weighted by molar-refractivity contribution is 5.78. The maximum absolute atomic E-state index is 12.6. The zero-order chi connectivity index (χ0) is 15.9. The minimum Gasteiger partial charge on any atom is -0.339 e. The molecule has 0 aliphatic carbocycles. The van der Waals surface area contributed by atoms with Crippen LogP contribution in [0.4, 0.5) is 0 Å². The summed E-state index contributed by atoms with van der Waals surface area (Å²) < 4.78 is 0. The van der Waals surface area contributed by atoms with E-state index >= 15 is 0 Å². The molecule has 124 valence electrons. The van der Waals surface area contributed by atoms with Gasteiger partial charge in [-0.1, -0.05) is 20.8 Å². The van der Waals surface area contributed by atoms with E-state index in [1.54, 1.807) is 0 Å². The van der Waals surface area contributed by atoms with Crippen LogP contribution in [0.5, 0.6) is 0 Å². The number of likely N-dealkylation sites (N-methyl/N-ethyl adjacent to an activating group) is 1. The van der Waals surface area contributed by atoms with Crippen molar-refractivity contribution in [2.24, 2.45) is 5.73 Å². The van der Waals surface area contributed by atoms with E-state index in [9.17, 15) is 4.79 Å². The molecule has 1 aliphatic rings. The van der Waals surface area contributed by atoms with Gasteiger partial charge in [0, 0.05) is 38.3 Å². The van der Waals surface area contributed by atoms with E-state index in [4.69, 9.17) is 5.73 Å². The van der Waals surface area contributed by atoms with E-state index in [1.807, 2.05) is 4.90 Å². The van der Waals surface area contributed by atoms with Crippen LogP contribution in [0.15, 0.2) is 0 Å². The predicted octanol–water partition coefficient (Wildman–Crippen LogP) is 0.990. The lowest BCUT2D eigenvalue weighted by Gasteiger charge is -2.43. The van der Waals surface area contributed by atoms with Crippen LogP contribution >= 0.6 is 0 Å². The molecule has 1 saturated heterocycles. The van der Waals surface area contributed by atoms with Gasteiger partial charge in [-0.05, 0) is 32.9 Å². The molecule has 0 atom stereocenters. The number of hydrogen-bond acceptors (Lipinski definition) is 4. The van der Waals surface area contributed by atoms with Gasteiger partial charge >= 0.3 is 0 Å². The van der Waals surface area contributed by atoms with E-state index < -0.39 is 0 Å². The molecule has 1 rings (SSSR count). The first-order valence-corrected chi connectivity index (χ1v) is 8.44. The van der Waals surface area contributed by atoms with Crippen LogP contribution < -0.4 is 5.73 Å². The molecule has 2 N–H and O–H groups in total. The van der Waals surface area contributed by atoms with Gasteiger partial charge in [-0.25, -0.2) is 0 Å². The Morgan fingerprint density at radius 1 is 1.14 bits per heavy atom. The van der Waals surface area contributed by atoms with Crippen LogP contribution in [0.2, 0.25) is 0 Å². The van der Waals surface area contributed by atoms with Gasteiger partial charge in [-0.3, -0.25) is 9.69 Å². The highest BCUT2D eigenvalue weighted by Gasteiger charge is 2.33. The second-order valence-corrected chi connectivity index (χ2v) is 6.24. The molecule has 1 fully saturated rings. The van der Waals surface area contributed by atoms with Crippen LogP contribution in [-0.4, -0.2) is 79.0 Å². The normalized spacial score (nSPS) is 17.5. The SMILES string of the molecule is CCCN(CC(=O)N1CCN(C)CC1)C(CC)(CC)CN. The Morgan fingerprint density at radius 2 is 1.71 bits per heavy atom. The zero-order valence-electron chi connectivity index (χ0n) is 14.4. The summed E-state index contributed by atoms with van der Waals surface area (Å²) in [5.41, 5.74) is 6.03. The summed E-state index contributed by atoms with van der Waals surface area (Å²) in [5, 5.41) is 0. The topological polar surface area (TPSA) is 52.8 Å². The first-order chi connectivity index (χ1) is 10.0. The third-order valence-corrected chi connectivity index (χ3v) is 5.04. The number of amides is 1. The number of hydrogen-bond donors (Lipinski definition) is 1. The summed E-state index contributed by atoms with van der Waals surface area (Å²) in [7, 11) is 2.11. The highest BCUT2D eigenvalue weighted by Crippen LogP contribution is 2.23. The Balaban J connectivity index is 2.70.